The second-order valence-electron chi connectivity index (χ2n) is 7.85. The van der Waals surface area contributed by atoms with Crippen LogP contribution in [0.5, 0.6) is 0 Å². The topological polar surface area (TPSA) is 97.2 Å². The van der Waals surface area contributed by atoms with Crippen LogP contribution in [0.4, 0.5) is 5.69 Å². The fraction of sp³-hybridized carbons (Fsp3) is 0.318. The summed E-state index contributed by atoms with van der Waals surface area (Å²) in [6.45, 7) is 4.84. The molecule has 0 aliphatic carbocycles. The average molecular weight is 440 g/mol. The summed E-state index contributed by atoms with van der Waals surface area (Å²) in [6, 6.07) is 12.2. The van der Waals surface area contributed by atoms with Crippen molar-refractivity contribution in [1.82, 2.24) is 19.7 Å². The number of aryl methyl sites for hydroxylation is 2. The van der Waals surface area contributed by atoms with Crippen molar-refractivity contribution in [3.05, 3.63) is 71.8 Å². The predicted molar refractivity (Wildman–Crippen MR) is 117 cm³/mol. The normalized spacial score (nSPS) is 15.1. The van der Waals surface area contributed by atoms with Crippen LogP contribution >= 0.6 is 0 Å². The van der Waals surface area contributed by atoms with E-state index < -0.39 is 10.0 Å². The van der Waals surface area contributed by atoms with Gasteiger partial charge in [0.15, 0.2) is 0 Å². The molecule has 9 heteroatoms. The number of amides is 1. The number of carbonyl (C=O) groups is 1. The highest BCUT2D eigenvalue weighted by Crippen LogP contribution is 2.24. The molecule has 3 aromatic rings. The third-order valence-corrected chi connectivity index (χ3v) is 7.08. The maximum absolute atomic E-state index is 13.0. The molecule has 0 bridgehead atoms. The van der Waals surface area contributed by atoms with Gasteiger partial charge in [-0.2, -0.15) is 5.10 Å². The van der Waals surface area contributed by atoms with Gasteiger partial charge in [-0.3, -0.25) is 9.52 Å². The molecule has 8 nitrogen and oxygen atoms in total. The predicted octanol–water partition coefficient (Wildman–Crippen LogP) is 3.17. The summed E-state index contributed by atoms with van der Waals surface area (Å²) >= 11 is 0. The molecule has 4 rings (SSSR count). The molecule has 2 aromatic carbocycles. The van der Waals surface area contributed by atoms with Crippen LogP contribution in [0.2, 0.25) is 0 Å². The van der Waals surface area contributed by atoms with Crippen LogP contribution < -0.4 is 4.72 Å². The highest BCUT2D eigenvalue weighted by molar-refractivity contribution is 7.92. The number of hydrogen-bond donors (Lipinski definition) is 1. The van der Waals surface area contributed by atoms with E-state index >= 15 is 0 Å². The van der Waals surface area contributed by atoms with Crippen molar-refractivity contribution in [3.8, 4) is 0 Å². The monoisotopic (exact) mass is 439 g/mol. The number of nitrogens with zero attached hydrogens (tertiary/aromatic N) is 4. The molecule has 1 aliphatic rings. The number of nitrogens with one attached hydrogen (secondary N) is 1. The molecule has 1 N–H and O–H groups in total. The molecule has 0 saturated carbocycles. The lowest BCUT2D eigenvalue weighted by Crippen LogP contribution is -2.39. The minimum atomic E-state index is -3.76. The number of piperidine rings is 1. The summed E-state index contributed by atoms with van der Waals surface area (Å²) < 4.78 is 30.2. The molecular formula is C22H25N5O3S. The Bertz CT molecular complexity index is 1180. The van der Waals surface area contributed by atoms with E-state index in [2.05, 4.69) is 14.8 Å². The van der Waals surface area contributed by atoms with Crippen molar-refractivity contribution in [2.45, 2.75) is 37.6 Å². The Labute approximate surface area is 182 Å². The van der Waals surface area contributed by atoms with Crippen LogP contribution in [-0.4, -0.2) is 47.1 Å². The maximum atomic E-state index is 13.0. The Balaban J connectivity index is 1.47. The lowest BCUT2D eigenvalue weighted by Gasteiger charge is -2.32. The SMILES string of the molecule is Cc1ccc(C)c(S(=O)(=O)Nc2cccc(C(=O)N3CCC(n4cncn4)CC3)c2)c1. The molecule has 1 aromatic heterocycles. The zero-order chi connectivity index (χ0) is 22.0. The number of likely N-dealkylation sites (tertiary alicyclic amines) is 1. The molecular weight excluding hydrogens is 414 g/mol. The standard InChI is InChI=1S/C22H25N5O3S/c1-16-6-7-17(2)21(12-16)31(29,30)25-19-5-3-4-18(13-19)22(28)26-10-8-20(9-11-26)27-15-23-14-24-27/h3-7,12-15,20,25H,8-11H2,1-2H3. The third-order valence-electron chi connectivity index (χ3n) is 5.56. The zero-order valence-corrected chi connectivity index (χ0v) is 18.3. The van der Waals surface area contributed by atoms with Crippen molar-refractivity contribution >= 4 is 21.6 Å². The molecule has 1 fully saturated rings. The molecule has 0 radical (unpaired) electrons. The van der Waals surface area contributed by atoms with Crippen molar-refractivity contribution in [1.29, 1.82) is 0 Å². The smallest absolute Gasteiger partial charge is 0.262 e. The van der Waals surface area contributed by atoms with Gasteiger partial charge in [-0.05, 0) is 62.1 Å². The van der Waals surface area contributed by atoms with Crippen LogP contribution in [0.25, 0.3) is 0 Å². The second kappa shape index (κ2) is 8.50. The van der Waals surface area contributed by atoms with Gasteiger partial charge in [0.05, 0.1) is 10.9 Å². The molecule has 1 aliphatic heterocycles. The molecule has 2 heterocycles. The van der Waals surface area contributed by atoms with Crippen LogP contribution in [0.3, 0.4) is 0 Å². The van der Waals surface area contributed by atoms with Gasteiger partial charge >= 0.3 is 0 Å². The summed E-state index contributed by atoms with van der Waals surface area (Å²) in [4.78, 5) is 19.0. The van der Waals surface area contributed by atoms with Gasteiger partial charge in [-0.25, -0.2) is 18.1 Å². The van der Waals surface area contributed by atoms with Gasteiger partial charge in [0.25, 0.3) is 15.9 Å². The quantitative estimate of drug-likeness (QED) is 0.659. The fourth-order valence-corrected chi connectivity index (χ4v) is 5.22. The molecule has 0 atom stereocenters. The van der Waals surface area contributed by atoms with Crippen LogP contribution in [0.15, 0.2) is 60.0 Å². The molecule has 0 spiro atoms. The number of benzene rings is 2. The highest BCUT2D eigenvalue weighted by Gasteiger charge is 2.25. The first-order valence-electron chi connectivity index (χ1n) is 10.2. The fourth-order valence-electron chi connectivity index (χ4n) is 3.84. The van der Waals surface area contributed by atoms with Crippen molar-refractivity contribution in [2.75, 3.05) is 17.8 Å². The van der Waals surface area contributed by atoms with E-state index in [4.69, 9.17) is 0 Å². The van der Waals surface area contributed by atoms with Gasteiger partial charge in [0, 0.05) is 24.3 Å². The summed E-state index contributed by atoms with van der Waals surface area (Å²) in [7, 11) is -3.76. The van der Waals surface area contributed by atoms with Gasteiger partial charge in [-0.1, -0.05) is 18.2 Å². The summed E-state index contributed by atoms with van der Waals surface area (Å²) in [5, 5.41) is 4.19. The number of carbonyl (C=O) groups excluding carboxylic acids is 1. The molecule has 31 heavy (non-hydrogen) atoms. The first kappa shape index (κ1) is 21.0. The van der Waals surface area contributed by atoms with Crippen LogP contribution in [0, 0.1) is 13.8 Å². The Hall–Kier alpha value is -3.20. The van der Waals surface area contributed by atoms with Gasteiger partial charge in [0.1, 0.15) is 12.7 Å². The van der Waals surface area contributed by atoms with E-state index in [9.17, 15) is 13.2 Å². The Morgan fingerprint density at radius 2 is 1.87 bits per heavy atom. The Morgan fingerprint density at radius 3 is 2.58 bits per heavy atom. The number of anilines is 1. The molecule has 1 saturated heterocycles. The Kier molecular flexibility index (Phi) is 5.77. The van der Waals surface area contributed by atoms with Gasteiger partial charge in [-0.15, -0.1) is 0 Å². The van der Waals surface area contributed by atoms with Crippen LogP contribution in [-0.2, 0) is 10.0 Å². The average Bonchev–Trinajstić information content (AvgIpc) is 3.30. The van der Waals surface area contributed by atoms with Crippen molar-refractivity contribution in [3.63, 3.8) is 0 Å². The number of aromatic nitrogens is 3. The zero-order valence-electron chi connectivity index (χ0n) is 17.5. The minimum absolute atomic E-state index is 0.107. The maximum Gasteiger partial charge on any atom is 0.262 e. The minimum Gasteiger partial charge on any atom is -0.338 e. The van der Waals surface area contributed by atoms with E-state index in [0.717, 1.165) is 18.4 Å². The lowest BCUT2D eigenvalue weighted by molar-refractivity contribution is 0.0690. The summed E-state index contributed by atoms with van der Waals surface area (Å²) in [5.41, 5.74) is 2.36. The molecule has 1 amide bonds. The first-order chi connectivity index (χ1) is 14.8. The van der Waals surface area contributed by atoms with E-state index in [1.165, 1.54) is 6.33 Å². The van der Waals surface area contributed by atoms with E-state index in [-0.39, 0.29) is 16.8 Å². The van der Waals surface area contributed by atoms with E-state index in [0.29, 0.717) is 29.9 Å². The third kappa shape index (κ3) is 4.61. The first-order valence-corrected chi connectivity index (χ1v) is 11.7. The summed E-state index contributed by atoms with van der Waals surface area (Å²) in [6.07, 6.45) is 4.82. The lowest BCUT2D eigenvalue weighted by atomic mass is 10.0. The van der Waals surface area contributed by atoms with Gasteiger partial charge < -0.3 is 4.90 Å². The molecule has 162 valence electrons. The van der Waals surface area contributed by atoms with E-state index in [1.54, 1.807) is 54.5 Å². The number of sulfonamides is 1. The highest BCUT2D eigenvalue weighted by atomic mass is 32.2. The largest absolute Gasteiger partial charge is 0.338 e. The summed E-state index contributed by atoms with van der Waals surface area (Å²) in [5.74, 6) is -0.107. The number of rotatable bonds is 5. The molecule has 0 unspecified atom stereocenters. The van der Waals surface area contributed by atoms with Gasteiger partial charge in [0.2, 0.25) is 0 Å². The van der Waals surface area contributed by atoms with E-state index in [1.807, 2.05) is 17.7 Å². The van der Waals surface area contributed by atoms with Crippen molar-refractivity contribution in [2.24, 2.45) is 0 Å². The Morgan fingerprint density at radius 1 is 1.10 bits per heavy atom. The second-order valence-corrected chi connectivity index (χ2v) is 9.50. The van der Waals surface area contributed by atoms with Crippen molar-refractivity contribution < 1.29 is 13.2 Å². The number of hydrogen-bond acceptors (Lipinski definition) is 5. The van der Waals surface area contributed by atoms with Crippen LogP contribution in [0.1, 0.15) is 40.4 Å².